The van der Waals surface area contributed by atoms with E-state index in [0.717, 1.165) is 11.1 Å². The molecule has 0 radical (unpaired) electrons. The summed E-state index contributed by atoms with van der Waals surface area (Å²) in [4.78, 5) is 10.9. The van der Waals surface area contributed by atoms with E-state index in [4.69, 9.17) is 0 Å². The van der Waals surface area contributed by atoms with E-state index in [1.807, 2.05) is 31.2 Å². The number of hydrogen-bond acceptors (Lipinski definition) is 3. The zero-order valence-electron chi connectivity index (χ0n) is 8.77. The highest BCUT2D eigenvalue weighted by Gasteiger charge is 2.14. The molecule has 0 aliphatic carbocycles. The summed E-state index contributed by atoms with van der Waals surface area (Å²) < 4.78 is 4.48. The molecular weight excluding hydrogens is 216 g/mol. The van der Waals surface area contributed by atoms with Gasteiger partial charge in [0.1, 0.15) is 0 Å². The van der Waals surface area contributed by atoms with Gasteiger partial charge in [-0.15, -0.1) is 12.4 Å². The Bertz CT molecular complexity index is 325. The van der Waals surface area contributed by atoms with Crippen LogP contribution in [0.2, 0.25) is 0 Å². The van der Waals surface area contributed by atoms with Gasteiger partial charge in [-0.2, -0.15) is 0 Å². The van der Waals surface area contributed by atoms with Gasteiger partial charge in [0.05, 0.1) is 19.6 Å². The fraction of sp³-hybridized carbons (Fsp3) is 0.364. The topological polar surface area (TPSA) is 46.5 Å². The highest BCUT2D eigenvalue weighted by atomic mass is 35.5. The van der Waals surface area contributed by atoms with Crippen LogP contribution < -0.4 is 0 Å². The number of aryl methyl sites for hydroxylation is 1. The van der Waals surface area contributed by atoms with Gasteiger partial charge in [0.15, 0.2) is 0 Å². The van der Waals surface area contributed by atoms with Crippen LogP contribution in [-0.2, 0) is 9.53 Å². The van der Waals surface area contributed by atoms with Gasteiger partial charge in [-0.05, 0) is 18.1 Å². The van der Waals surface area contributed by atoms with Crippen molar-refractivity contribution < 1.29 is 14.6 Å². The standard InChI is InChI=1S/C11H14O3.ClH/c1-8-5-3-4-6-9(8)10(12)7-11(13)14-2;/h3-6,10,12H,7H2,1-2H3;1H. The lowest BCUT2D eigenvalue weighted by atomic mass is 10.0. The van der Waals surface area contributed by atoms with Crippen LogP contribution in [-0.4, -0.2) is 18.2 Å². The van der Waals surface area contributed by atoms with Crippen molar-refractivity contribution in [2.24, 2.45) is 0 Å². The molecule has 0 aliphatic heterocycles. The Morgan fingerprint density at radius 3 is 2.60 bits per heavy atom. The Labute approximate surface area is 95.5 Å². The van der Waals surface area contributed by atoms with E-state index in [0.29, 0.717) is 0 Å². The van der Waals surface area contributed by atoms with Crippen molar-refractivity contribution in [1.29, 1.82) is 0 Å². The summed E-state index contributed by atoms with van der Waals surface area (Å²) in [6, 6.07) is 7.44. The maximum Gasteiger partial charge on any atom is 0.308 e. The van der Waals surface area contributed by atoms with Crippen LogP contribution in [0.4, 0.5) is 0 Å². The number of halogens is 1. The Kier molecular flexibility index (Phi) is 5.97. The molecule has 0 saturated heterocycles. The number of carbonyl (C=O) groups is 1. The van der Waals surface area contributed by atoms with Crippen molar-refractivity contribution in [3.05, 3.63) is 35.4 Å². The summed E-state index contributed by atoms with van der Waals surface area (Å²) in [5.74, 6) is -0.402. The quantitative estimate of drug-likeness (QED) is 0.809. The van der Waals surface area contributed by atoms with E-state index >= 15 is 0 Å². The molecule has 1 rings (SSSR count). The number of hydrogen-bond donors (Lipinski definition) is 1. The van der Waals surface area contributed by atoms with E-state index < -0.39 is 12.1 Å². The lowest BCUT2D eigenvalue weighted by Gasteiger charge is -2.11. The third kappa shape index (κ3) is 3.90. The molecular formula is C11H15ClO3. The molecule has 3 nitrogen and oxygen atoms in total. The first-order valence-electron chi connectivity index (χ1n) is 4.45. The number of methoxy groups -OCH3 is 1. The van der Waals surface area contributed by atoms with Crippen LogP contribution in [0.3, 0.4) is 0 Å². The third-order valence-corrected chi connectivity index (χ3v) is 2.14. The zero-order chi connectivity index (χ0) is 10.6. The largest absolute Gasteiger partial charge is 0.469 e. The Morgan fingerprint density at radius 1 is 1.47 bits per heavy atom. The van der Waals surface area contributed by atoms with Gasteiger partial charge in [-0.3, -0.25) is 4.79 Å². The summed E-state index contributed by atoms with van der Waals surface area (Å²) in [6.45, 7) is 1.90. The molecule has 84 valence electrons. The number of aliphatic hydroxyl groups is 1. The number of carbonyl (C=O) groups excluding carboxylic acids is 1. The summed E-state index contributed by atoms with van der Waals surface area (Å²) >= 11 is 0. The number of rotatable bonds is 3. The number of aliphatic hydroxyl groups excluding tert-OH is 1. The second-order valence-corrected chi connectivity index (χ2v) is 3.15. The van der Waals surface area contributed by atoms with Gasteiger partial charge in [0, 0.05) is 0 Å². The second kappa shape index (κ2) is 6.43. The lowest BCUT2D eigenvalue weighted by molar-refractivity contribution is -0.142. The molecule has 1 aromatic carbocycles. The molecule has 15 heavy (non-hydrogen) atoms. The summed E-state index contributed by atoms with van der Waals surface area (Å²) in [7, 11) is 1.31. The third-order valence-electron chi connectivity index (χ3n) is 2.14. The highest BCUT2D eigenvalue weighted by molar-refractivity contribution is 5.85. The average Bonchev–Trinajstić information content (AvgIpc) is 2.18. The van der Waals surface area contributed by atoms with Crippen molar-refractivity contribution in [3.8, 4) is 0 Å². The lowest BCUT2D eigenvalue weighted by Crippen LogP contribution is -2.08. The van der Waals surface area contributed by atoms with E-state index in [1.54, 1.807) is 0 Å². The van der Waals surface area contributed by atoms with E-state index in [1.165, 1.54) is 7.11 Å². The second-order valence-electron chi connectivity index (χ2n) is 3.15. The normalized spacial score (nSPS) is 11.4. The van der Waals surface area contributed by atoms with E-state index in [9.17, 15) is 9.90 Å². The molecule has 0 heterocycles. The Balaban J connectivity index is 0.00000196. The van der Waals surface area contributed by atoms with Crippen molar-refractivity contribution in [1.82, 2.24) is 0 Å². The molecule has 4 heteroatoms. The van der Waals surface area contributed by atoms with Crippen molar-refractivity contribution in [2.45, 2.75) is 19.4 Å². The van der Waals surface area contributed by atoms with Crippen LogP contribution in [0.5, 0.6) is 0 Å². The molecule has 0 amide bonds. The molecule has 0 aliphatic rings. The first kappa shape index (κ1) is 13.9. The molecule has 1 aromatic rings. The minimum Gasteiger partial charge on any atom is -0.469 e. The molecule has 1 atom stereocenters. The van der Waals surface area contributed by atoms with E-state index in [2.05, 4.69) is 4.74 Å². The predicted octanol–water partition coefficient (Wildman–Crippen LogP) is 2.01. The highest BCUT2D eigenvalue weighted by Crippen LogP contribution is 2.20. The summed E-state index contributed by atoms with van der Waals surface area (Å²) in [5, 5.41) is 9.70. The van der Waals surface area contributed by atoms with Crippen LogP contribution >= 0.6 is 12.4 Å². The van der Waals surface area contributed by atoms with Crippen LogP contribution in [0, 0.1) is 6.92 Å². The van der Waals surface area contributed by atoms with Crippen LogP contribution in [0.15, 0.2) is 24.3 Å². The molecule has 0 spiro atoms. The SMILES string of the molecule is COC(=O)CC(O)c1ccccc1C.Cl. The fourth-order valence-corrected chi connectivity index (χ4v) is 1.31. The first-order chi connectivity index (χ1) is 6.65. The molecule has 0 fully saturated rings. The average molecular weight is 231 g/mol. The molecule has 0 bridgehead atoms. The number of ether oxygens (including phenoxy) is 1. The monoisotopic (exact) mass is 230 g/mol. The smallest absolute Gasteiger partial charge is 0.308 e. The predicted molar refractivity (Wildman–Crippen MR) is 60.0 cm³/mol. The summed E-state index contributed by atoms with van der Waals surface area (Å²) in [5.41, 5.74) is 1.75. The molecule has 0 saturated carbocycles. The van der Waals surface area contributed by atoms with Gasteiger partial charge in [-0.25, -0.2) is 0 Å². The zero-order valence-corrected chi connectivity index (χ0v) is 9.58. The van der Waals surface area contributed by atoms with Gasteiger partial charge in [0.25, 0.3) is 0 Å². The minimum absolute atomic E-state index is 0. The minimum atomic E-state index is -0.774. The molecule has 0 aromatic heterocycles. The molecule has 1 N–H and O–H groups in total. The maximum absolute atomic E-state index is 10.9. The first-order valence-corrected chi connectivity index (χ1v) is 4.45. The van der Waals surface area contributed by atoms with Crippen LogP contribution in [0.1, 0.15) is 23.7 Å². The Hall–Kier alpha value is -1.06. The number of esters is 1. The van der Waals surface area contributed by atoms with Gasteiger partial charge >= 0.3 is 5.97 Å². The van der Waals surface area contributed by atoms with Gasteiger partial charge in [-0.1, -0.05) is 24.3 Å². The van der Waals surface area contributed by atoms with Gasteiger partial charge in [0.2, 0.25) is 0 Å². The van der Waals surface area contributed by atoms with Crippen molar-refractivity contribution in [3.63, 3.8) is 0 Å². The van der Waals surface area contributed by atoms with Crippen molar-refractivity contribution >= 4 is 18.4 Å². The fourth-order valence-electron chi connectivity index (χ4n) is 1.31. The van der Waals surface area contributed by atoms with Gasteiger partial charge < -0.3 is 9.84 Å². The number of benzene rings is 1. The summed E-state index contributed by atoms with van der Waals surface area (Å²) in [6.07, 6.45) is -0.773. The Morgan fingerprint density at radius 2 is 2.07 bits per heavy atom. The van der Waals surface area contributed by atoms with Crippen LogP contribution in [0.25, 0.3) is 0 Å². The van der Waals surface area contributed by atoms with E-state index in [-0.39, 0.29) is 18.8 Å². The van der Waals surface area contributed by atoms with Crippen molar-refractivity contribution in [2.75, 3.05) is 7.11 Å². The molecule has 1 unspecified atom stereocenters. The maximum atomic E-state index is 10.9.